The van der Waals surface area contributed by atoms with E-state index in [-0.39, 0.29) is 17.2 Å². The summed E-state index contributed by atoms with van der Waals surface area (Å²) in [5, 5.41) is 9.88. The molecule has 30 heavy (non-hydrogen) atoms. The highest BCUT2D eigenvalue weighted by Gasteiger charge is 2.37. The zero-order valence-electron chi connectivity index (χ0n) is 15.9. The molecular weight excluding hydrogens is 440 g/mol. The van der Waals surface area contributed by atoms with Gasteiger partial charge in [-0.1, -0.05) is 88.7 Å². The molecule has 0 aromatic heterocycles. The summed E-state index contributed by atoms with van der Waals surface area (Å²) in [6.07, 6.45) is 0. The second-order valence-corrected chi connectivity index (χ2v) is 7.70. The van der Waals surface area contributed by atoms with Crippen molar-refractivity contribution in [3.05, 3.63) is 123 Å². The fraction of sp³-hybridized carbons (Fsp3) is 0.0400. The lowest BCUT2D eigenvalue weighted by Crippen LogP contribution is -2.24. The molecule has 0 spiro atoms. The summed E-state index contributed by atoms with van der Waals surface area (Å²) < 4.78 is 6.74. The van der Waals surface area contributed by atoms with Crippen LogP contribution in [0.2, 0.25) is 0 Å². The van der Waals surface area contributed by atoms with E-state index in [0.717, 1.165) is 15.6 Å². The second kappa shape index (κ2) is 8.40. The van der Waals surface area contributed by atoms with Gasteiger partial charge in [-0.3, -0.25) is 4.79 Å². The molecule has 1 aliphatic rings. The summed E-state index contributed by atoms with van der Waals surface area (Å²) in [5.74, 6) is -0.485. The molecule has 4 nitrogen and oxygen atoms in total. The van der Waals surface area contributed by atoms with E-state index in [4.69, 9.17) is 10.5 Å². The molecule has 5 heteroatoms. The van der Waals surface area contributed by atoms with Gasteiger partial charge in [0.2, 0.25) is 5.88 Å². The number of nitrogens with zero attached hydrogens (tertiary/aromatic N) is 1. The third-order valence-corrected chi connectivity index (χ3v) is 5.41. The number of ether oxygens (including phenoxy) is 1. The Balaban J connectivity index is 2.01. The predicted octanol–water partition coefficient (Wildman–Crippen LogP) is 5.55. The molecule has 3 aromatic carbocycles. The molecular formula is C25H17BrN2O2. The van der Waals surface area contributed by atoms with Crippen LogP contribution in [0.3, 0.4) is 0 Å². The van der Waals surface area contributed by atoms with E-state index >= 15 is 0 Å². The third kappa shape index (κ3) is 3.66. The van der Waals surface area contributed by atoms with Gasteiger partial charge in [-0.15, -0.1) is 0 Å². The lowest BCUT2D eigenvalue weighted by molar-refractivity contribution is 0.102. The molecule has 1 atom stereocenters. The van der Waals surface area contributed by atoms with Crippen LogP contribution < -0.4 is 5.73 Å². The van der Waals surface area contributed by atoms with Crippen LogP contribution in [-0.4, -0.2) is 5.78 Å². The summed E-state index contributed by atoms with van der Waals surface area (Å²) >= 11 is 3.49. The first kappa shape index (κ1) is 19.7. The molecule has 1 heterocycles. The number of allylic oxidation sites excluding steroid dienone is 2. The predicted molar refractivity (Wildman–Crippen MR) is 119 cm³/mol. The molecule has 0 fully saturated rings. The standard InChI is InChI=1S/C25H17BrN2O2/c26-19-13-7-12-18(14-19)21-20(15-27)25(28)30-24(17-10-5-2-6-11-17)22(21)23(29)16-8-3-1-4-9-16/h1-14,21H,28H2/t21-/m1/s1. The molecule has 1 aliphatic heterocycles. The van der Waals surface area contributed by atoms with E-state index in [2.05, 4.69) is 22.0 Å². The number of carbonyl (C=O) groups is 1. The number of Topliss-reactive ketones (excluding diaryl/α,β-unsaturated/α-hetero) is 1. The average Bonchev–Trinajstić information content (AvgIpc) is 2.79. The summed E-state index contributed by atoms with van der Waals surface area (Å²) in [5.41, 5.74) is 8.77. The number of rotatable bonds is 4. The highest BCUT2D eigenvalue weighted by Crippen LogP contribution is 2.44. The Morgan fingerprint density at radius 2 is 1.63 bits per heavy atom. The lowest BCUT2D eigenvalue weighted by atomic mass is 9.79. The fourth-order valence-electron chi connectivity index (χ4n) is 3.56. The topological polar surface area (TPSA) is 76.1 Å². The van der Waals surface area contributed by atoms with E-state index < -0.39 is 5.92 Å². The minimum absolute atomic E-state index is 0.00550. The largest absolute Gasteiger partial charge is 0.439 e. The molecule has 0 bridgehead atoms. The Hall–Kier alpha value is -3.62. The van der Waals surface area contributed by atoms with Gasteiger partial charge in [-0.05, 0) is 17.7 Å². The third-order valence-electron chi connectivity index (χ3n) is 4.92. The zero-order valence-corrected chi connectivity index (χ0v) is 17.5. The van der Waals surface area contributed by atoms with Gasteiger partial charge < -0.3 is 10.5 Å². The van der Waals surface area contributed by atoms with Crippen LogP contribution in [0.4, 0.5) is 0 Å². The number of halogens is 1. The maximum atomic E-state index is 13.7. The Bertz CT molecular complexity index is 1210. The van der Waals surface area contributed by atoms with Gasteiger partial charge in [0.25, 0.3) is 0 Å². The zero-order chi connectivity index (χ0) is 21.1. The minimum atomic E-state index is -0.649. The first-order valence-electron chi connectivity index (χ1n) is 9.32. The van der Waals surface area contributed by atoms with E-state index in [1.807, 2.05) is 72.8 Å². The molecule has 0 saturated carbocycles. The number of hydrogen-bond donors (Lipinski definition) is 1. The van der Waals surface area contributed by atoms with Gasteiger partial charge in [-0.25, -0.2) is 0 Å². The first-order chi connectivity index (χ1) is 14.6. The number of nitriles is 1. The van der Waals surface area contributed by atoms with Gasteiger partial charge in [0.15, 0.2) is 5.78 Å². The van der Waals surface area contributed by atoms with Crippen molar-refractivity contribution in [1.29, 1.82) is 5.26 Å². The molecule has 0 saturated heterocycles. The molecule has 4 rings (SSSR count). The minimum Gasteiger partial charge on any atom is -0.439 e. The fourth-order valence-corrected chi connectivity index (χ4v) is 3.98. The molecule has 0 aliphatic carbocycles. The van der Waals surface area contributed by atoms with E-state index in [1.165, 1.54) is 0 Å². The van der Waals surface area contributed by atoms with Crippen LogP contribution >= 0.6 is 15.9 Å². The number of carbonyl (C=O) groups excluding carboxylic acids is 1. The molecule has 0 radical (unpaired) electrons. The number of ketones is 1. The smallest absolute Gasteiger partial charge is 0.205 e. The maximum absolute atomic E-state index is 13.7. The summed E-state index contributed by atoms with van der Waals surface area (Å²) in [4.78, 5) is 13.7. The quantitative estimate of drug-likeness (QED) is 0.521. The number of nitrogens with two attached hydrogens (primary N) is 1. The molecule has 146 valence electrons. The van der Waals surface area contributed by atoms with Crippen molar-refractivity contribution in [3.8, 4) is 6.07 Å². The van der Waals surface area contributed by atoms with Gasteiger partial charge in [0.05, 0.1) is 11.5 Å². The Labute approximate surface area is 183 Å². The summed E-state index contributed by atoms with van der Waals surface area (Å²) in [7, 11) is 0. The number of hydrogen-bond acceptors (Lipinski definition) is 4. The van der Waals surface area contributed by atoms with Gasteiger partial charge >= 0.3 is 0 Å². The Morgan fingerprint density at radius 3 is 2.27 bits per heavy atom. The van der Waals surface area contributed by atoms with Crippen LogP contribution in [0.5, 0.6) is 0 Å². The SMILES string of the molecule is N#CC1=C(N)OC(c2ccccc2)=C(C(=O)c2ccccc2)[C@@H]1c1cccc(Br)c1. The van der Waals surface area contributed by atoms with Crippen molar-refractivity contribution >= 4 is 27.5 Å². The van der Waals surface area contributed by atoms with E-state index in [1.54, 1.807) is 12.1 Å². The van der Waals surface area contributed by atoms with Crippen LogP contribution in [-0.2, 0) is 4.74 Å². The van der Waals surface area contributed by atoms with Crippen LogP contribution in [0, 0.1) is 11.3 Å². The van der Waals surface area contributed by atoms with Crippen molar-refractivity contribution in [1.82, 2.24) is 0 Å². The number of benzene rings is 3. The van der Waals surface area contributed by atoms with Crippen molar-refractivity contribution in [2.24, 2.45) is 5.73 Å². The molecule has 2 N–H and O–H groups in total. The van der Waals surface area contributed by atoms with Gasteiger partial charge in [-0.2, -0.15) is 5.26 Å². The van der Waals surface area contributed by atoms with Gasteiger partial charge in [0.1, 0.15) is 17.4 Å². The van der Waals surface area contributed by atoms with Gasteiger partial charge in [0, 0.05) is 15.6 Å². The summed E-state index contributed by atoms with van der Waals surface area (Å²) in [6.45, 7) is 0. The molecule has 0 amide bonds. The molecule has 3 aromatic rings. The summed E-state index contributed by atoms with van der Waals surface area (Å²) in [6, 6.07) is 28.0. The highest BCUT2D eigenvalue weighted by molar-refractivity contribution is 9.10. The van der Waals surface area contributed by atoms with E-state index in [0.29, 0.717) is 16.9 Å². The van der Waals surface area contributed by atoms with Crippen LogP contribution in [0.1, 0.15) is 27.4 Å². The maximum Gasteiger partial charge on any atom is 0.205 e. The first-order valence-corrected chi connectivity index (χ1v) is 10.1. The van der Waals surface area contributed by atoms with Crippen LogP contribution in [0.25, 0.3) is 5.76 Å². The second-order valence-electron chi connectivity index (χ2n) is 6.78. The van der Waals surface area contributed by atoms with Crippen molar-refractivity contribution in [2.75, 3.05) is 0 Å². The van der Waals surface area contributed by atoms with Crippen molar-refractivity contribution in [3.63, 3.8) is 0 Å². The Morgan fingerprint density at radius 1 is 0.967 bits per heavy atom. The Kier molecular flexibility index (Phi) is 5.51. The monoisotopic (exact) mass is 456 g/mol. The normalized spacial score (nSPS) is 16.1. The van der Waals surface area contributed by atoms with Crippen molar-refractivity contribution in [2.45, 2.75) is 5.92 Å². The van der Waals surface area contributed by atoms with Crippen LogP contribution in [0.15, 0.2) is 106 Å². The lowest BCUT2D eigenvalue weighted by Gasteiger charge is -2.29. The van der Waals surface area contributed by atoms with E-state index in [9.17, 15) is 10.1 Å². The molecule has 0 unspecified atom stereocenters. The average molecular weight is 457 g/mol. The van der Waals surface area contributed by atoms with Crippen molar-refractivity contribution < 1.29 is 9.53 Å². The highest BCUT2D eigenvalue weighted by atomic mass is 79.9.